The Morgan fingerprint density at radius 2 is 2.19 bits per heavy atom. The molecule has 1 fully saturated rings. The van der Waals surface area contributed by atoms with Crippen LogP contribution in [0.1, 0.15) is 25.7 Å². The quantitative estimate of drug-likeness (QED) is 0.850. The number of nitrogens with one attached hydrogen (secondary N) is 1. The first kappa shape index (κ1) is 14.8. The molecule has 1 aliphatic carbocycles. The van der Waals surface area contributed by atoms with E-state index in [1.54, 1.807) is 11.3 Å². The highest BCUT2D eigenvalue weighted by molar-refractivity contribution is 8.01. The molecule has 6 heteroatoms. The molecular weight excluding hydrogens is 304 g/mol. The minimum atomic E-state index is -0.393. The molecule has 2 aromatic rings. The third-order valence-corrected chi connectivity index (χ3v) is 5.86. The van der Waals surface area contributed by atoms with Gasteiger partial charge in [-0.15, -0.1) is 11.3 Å². The van der Waals surface area contributed by atoms with E-state index >= 15 is 0 Å². The minimum Gasteiger partial charge on any atom is -0.391 e. The Hall–Kier alpha value is -1.11. The molecule has 1 aliphatic rings. The van der Waals surface area contributed by atoms with Crippen molar-refractivity contribution in [3.8, 4) is 0 Å². The number of amides is 1. The summed E-state index contributed by atoms with van der Waals surface area (Å²) in [4.78, 5) is 16.5. The highest BCUT2D eigenvalue weighted by Gasteiger charge is 2.24. The van der Waals surface area contributed by atoms with Crippen molar-refractivity contribution in [2.45, 2.75) is 42.2 Å². The lowest BCUT2D eigenvalue weighted by Gasteiger charge is -2.28. The van der Waals surface area contributed by atoms with Gasteiger partial charge in [0.05, 0.1) is 28.1 Å². The maximum absolute atomic E-state index is 12.0. The van der Waals surface area contributed by atoms with Crippen LogP contribution in [-0.4, -0.2) is 33.9 Å². The van der Waals surface area contributed by atoms with Crippen LogP contribution in [0.25, 0.3) is 10.2 Å². The van der Waals surface area contributed by atoms with Gasteiger partial charge in [0.2, 0.25) is 5.91 Å². The van der Waals surface area contributed by atoms with Crippen molar-refractivity contribution in [1.82, 2.24) is 10.3 Å². The number of hydrogen-bond acceptors (Lipinski definition) is 5. The van der Waals surface area contributed by atoms with Gasteiger partial charge in [0.1, 0.15) is 0 Å². The predicted molar refractivity (Wildman–Crippen MR) is 86.7 cm³/mol. The Bertz CT molecular complexity index is 596. The van der Waals surface area contributed by atoms with Crippen LogP contribution in [0, 0.1) is 0 Å². The van der Waals surface area contributed by atoms with Gasteiger partial charge >= 0.3 is 0 Å². The molecule has 0 saturated heterocycles. The van der Waals surface area contributed by atoms with Gasteiger partial charge < -0.3 is 10.4 Å². The van der Waals surface area contributed by atoms with E-state index in [9.17, 15) is 9.90 Å². The molecule has 1 heterocycles. The molecule has 0 aliphatic heterocycles. The fourth-order valence-electron chi connectivity index (χ4n) is 2.57. The van der Waals surface area contributed by atoms with Crippen molar-refractivity contribution in [3.05, 3.63) is 24.3 Å². The lowest BCUT2D eigenvalue weighted by atomic mass is 9.93. The molecule has 0 spiro atoms. The monoisotopic (exact) mass is 322 g/mol. The van der Waals surface area contributed by atoms with Crippen molar-refractivity contribution in [3.63, 3.8) is 0 Å². The number of carbonyl (C=O) groups is 1. The van der Waals surface area contributed by atoms with Crippen molar-refractivity contribution < 1.29 is 9.90 Å². The van der Waals surface area contributed by atoms with Crippen LogP contribution >= 0.6 is 23.1 Å². The van der Waals surface area contributed by atoms with Crippen LogP contribution in [-0.2, 0) is 4.79 Å². The van der Waals surface area contributed by atoms with E-state index in [4.69, 9.17) is 0 Å². The summed E-state index contributed by atoms with van der Waals surface area (Å²) in [5.74, 6) is 0.327. The molecule has 1 aromatic carbocycles. The molecule has 21 heavy (non-hydrogen) atoms. The highest BCUT2D eigenvalue weighted by atomic mass is 32.2. The summed E-state index contributed by atoms with van der Waals surface area (Å²) in [7, 11) is 0. The SMILES string of the molecule is O=C(CSc1nc2ccccc2s1)N[C@H]1CCCC[C@@H]1O. The molecule has 1 aromatic heterocycles. The van der Waals surface area contributed by atoms with Gasteiger partial charge in [0.15, 0.2) is 4.34 Å². The maximum atomic E-state index is 12.0. The molecule has 2 atom stereocenters. The van der Waals surface area contributed by atoms with Crippen LogP contribution in [0.2, 0.25) is 0 Å². The van der Waals surface area contributed by atoms with E-state index in [0.717, 1.165) is 40.2 Å². The summed E-state index contributed by atoms with van der Waals surface area (Å²) >= 11 is 3.07. The van der Waals surface area contributed by atoms with Crippen LogP contribution < -0.4 is 5.32 Å². The molecule has 112 valence electrons. The van der Waals surface area contributed by atoms with Gasteiger partial charge in [-0.3, -0.25) is 4.79 Å². The fourth-order valence-corrected chi connectivity index (χ4v) is 4.45. The number of aliphatic hydroxyl groups excluding tert-OH is 1. The molecular formula is C15H18N2O2S2. The van der Waals surface area contributed by atoms with Crippen molar-refractivity contribution in [2.24, 2.45) is 0 Å². The first-order valence-electron chi connectivity index (χ1n) is 7.18. The second-order valence-electron chi connectivity index (χ2n) is 5.26. The van der Waals surface area contributed by atoms with Gasteiger partial charge in [-0.2, -0.15) is 0 Å². The maximum Gasteiger partial charge on any atom is 0.230 e. The first-order chi connectivity index (χ1) is 10.2. The summed E-state index contributed by atoms with van der Waals surface area (Å²) in [5.41, 5.74) is 0.980. The van der Waals surface area contributed by atoms with Gasteiger partial charge in [-0.05, 0) is 25.0 Å². The number of hydrogen-bond donors (Lipinski definition) is 2. The van der Waals surface area contributed by atoms with E-state index in [0.29, 0.717) is 5.75 Å². The summed E-state index contributed by atoms with van der Waals surface area (Å²) in [5, 5.41) is 12.8. The van der Waals surface area contributed by atoms with Gasteiger partial charge in [-0.1, -0.05) is 36.7 Å². The topological polar surface area (TPSA) is 62.2 Å². The lowest BCUT2D eigenvalue weighted by Crippen LogP contribution is -2.45. The summed E-state index contributed by atoms with van der Waals surface area (Å²) < 4.78 is 2.05. The molecule has 3 rings (SSSR count). The number of nitrogens with zero attached hydrogens (tertiary/aromatic N) is 1. The molecule has 1 saturated carbocycles. The molecule has 1 amide bonds. The van der Waals surface area contributed by atoms with Gasteiger partial charge in [-0.25, -0.2) is 4.98 Å². The third kappa shape index (κ3) is 3.75. The molecule has 4 nitrogen and oxygen atoms in total. The van der Waals surface area contributed by atoms with Gasteiger partial charge in [0, 0.05) is 0 Å². The Kier molecular flexibility index (Phi) is 4.77. The van der Waals surface area contributed by atoms with E-state index in [-0.39, 0.29) is 11.9 Å². The molecule has 0 unspecified atom stereocenters. The van der Waals surface area contributed by atoms with Crippen LogP contribution in [0.5, 0.6) is 0 Å². The largest absolute Gasteiger partial charge is 0.391 e. The second kappa shape index (κ2) is 6.77. The zero-order valence-electron chi connectivity index (χ0n) is 11.6. The molecule has 2 N–H and O–H groups in total. The second-order valence-corrected chi connectivity index (χ2v) is 7.52. The normalized spacial score (nSPS) is 22.3. The summed E-state index contributed by atoms with van der Waals surface area (Å²) in [6.45, 7) is 0. The summed E-state index contributed by atoms with van der Waals surface area (Å²) in [6.07, 6.45) is 3.39. The Morgan fingerprint density at radius 1 is 1.38 bits per heavy atom. The number of carbonyl (C=O) groups excluding carboxylic acids is 1. The number of para-hydroxylation sites is 1. The lowest BCUT2D eigenvalue weighted by molar-refractivity contribution is -0.120. The Balaban J connectivity index is 1.53. The number of rotatable bonds is 4. The van der Waals surface area contributed by atoms with E-state index < -0.39 is 6.10 Å². The smallest absolute Gasteiger partial charge is 0.230 e. The Morgan fingerprint density at radius 3 is 3.00 bits per heavy atom. The predicted octanol–water partition coefficient (Wildman–Crippen LogP) is 2.81. The average molecular weight is 322 g/mol. The standard InChI is InChI=1S/C15H18N2O2S2/c18-12-7-3-1-5-10(12)16-14(19)9-20-15-17-11-6-2-4-8-13(11)21-15/h2,4,6,8,10,12,18H,1,3,5,7,9H2,(H,16,19)/t10-,12-/m0/s1. The molecule has 0 bridgehead atoms. The van der Waals surface area contributed by atoms with E-state index in [1.165, 1.54) is 11.8 Å². The first-order valence-corrected chi connectivity index (χ1v) is 8.98. The van der Waals surface area contributed by atoms with Crippen LogP contribution in [0.4, 0.5) is 0 Å². The van der Waals surface area contributed by atoms with Crippen molar-refractivity contribution >= 4 is 39.2 Å². The number of fused-ring (bicyclic) bond motifs is 1. The Labute approximate surface area is 132 Å². The van der Waals surface area contributed by atoms with Crippen molar-refractivity contribution in [2.75, 3.05) is 5.75 Å². The van der Waals surface area contributed by atoms with Crippen LogP contribution in [0.15, 0.2) is 28.6 Å². The minimum absolute atomic E-state index is 0.0230. The number of thiazole rings is 1. The zero-order chi connectivity index (χ0) is 14.7. The van der Waals surface area contributed by atoms with Crippen LogP contribution in [0.3, 0.4) is 0 Å². The van der Waals surface area contributed by atoms with Crippen molar-refractivity contribution in [1.29, 1.82) is 0 Å². The highest BCUT2D eigenvalue weighted by Crippen LogP contribution is 2.29. The van der Waals surface area contributed by atoms with E-state index in [1.807, 2.05) is 24.3 Å². The number of benzene rings is 1. The average Bonchev–Trinajstić information content (AvgIpc) is 2.90. The summed E-state index contributed by atoms with van der Waals surface area (Å²) in [6, 6.07) is 7.89. The number of thioether (sulfide) groups is 1. The van der Waals surface area contributed by atoms with Gasteiger partial charge in [0.25, 0.3) is 0 Å². The number of aliphatic hydroxyl groups is 1. The third-order valence-electron chi connectivity index (χ3n) is 3.68. The molecule has 0 radical (unpaired) electrons. The zero-order valence-corrected chi connectivity index (χ0v) is 13.3. The number of aromatic nitrogens is 1. The fraction of sp³-hybridized carbons (Fsp3) is 0.467. The van der Waals surface area contributed by atoms with E-state index in [2.05, 4.69) is 10.3 Å².